The van der Waals surface area contributed by atoms with Crippen molar-refractivity contribution in [3.8, 4) is 11.1 Å². The molecule has 0 aliphatic heterocycles. The predicted molar refractivity (Wildman–Crippen MR) is 150 cm³/mol. The van der Waals surface area contributed by atoms with Crippen LogP contribution in [0.1, 0.15) is 63.0 Å². The van der Waals surface area contributed by atoms with Crippen LogP contribution in [0.3, 0.4) is 0 Å². The molecule has 0 saturated heterocycles. The number of anilines is 3. The lowest BCUT2D eigenvalue weighted by Crippen LogP contribution is -2.43. The lowest BCUT2D eigenvalue weighted by atomic mass is 9.91. The van der Waals surface area contributed by atoms with Gasteiger partial charge in [-0.15, -0.1) is 0 Å². The van der Waals surface area contributed by atoms with Crippen molar-refractivity contribution in [2.45, 2.75) is 76.0 Å². The second-order valence-corrected chi connectivity index (χ2v) is 10.5. The van der Waals surface area contributed by atoms with E-state index in [1.807, 2.05) is 30.6 Å². The molecule has 2 atom stereocenters. The summed E-state index contributed by atoms with van der Waals surface area (Å²) >= 11 is 0. The number of para-hydroxylation sites is 1. The highest BCUT2D eigenvalue weighted by atomic mass is 15.2. The van der Waals surface area contributed by atoms with Crippen LogP contribution >= 0.6 is 0 Å². The molecule has 2 fully saturated rings. The first-order valence-corrected chi connectivity index (χ1v) is 13.6. The average Bonchev–Trinajstić information content (AvgIpc) is 3.60. The van der Waals surface area contributed by atoms with Crippen LogP contribution in [-0.2, 0) is 6.54 Å². The number of hydrogen-bond acceptors (Lipinski definition) is 7. The van der Waals surface area contributed by atoms with Crippen molar-refractivity contribution in [2.75, 3.05) is 16.4 Å². The first kappa shape index (κ1) is 23.7. The third-order valence-electron chi connectivity index (χ3n) is 7.96. The Balaban J connectivity index is 1.27. The number of benzene rings is 2. The van der Waals surface area contributed by atoms with Gasteiger partial charge >= 0.3 is 0 Å². The van der Waals surface area contributed by atoms with Gasteiger partial charge in [0.15, 0.2) is 17.0 Å². The molecule has 6 rings (SSSR count). The molecule has 0 amide bonds. The van der Waals surface area contributed by atoms with E-state index in [0.717, 1.165) is 52.2 Å². The monoisotopic (exact) mass is 496 g/mol. The Kier molecular flexibility index (Phi) is 6.66. The molecule has 192 valence electrons. The van der Waals surface area contributed by atoms with Gasteiger partial charge in [0.2, 0.25) is 5.95 Å². The van der Waals surface area contributed by atoms with Crippen molar-refractivity contribution < 1.29 is 0 Å². The highest BCUT2D eigenvalue weighted by Crippen LogP contribution is 2.33. The van der Waals surface area contributed by atoms with Crippen molar-refractivity contribution in [1.82, 2.24) is 19.5 Å². The Hall–Kier alpha value is -3.65. The quantitative estimate of drug-likeness (QED) is 0.250. The van der Waals surface area contributed by atoms with Crippen molar-refractivity contribution >= 4 is 28.6 Å². The lowest BCUT2D eigenvalue weighted by molar-refractivity contribution is 0.402. The molecule has 37 heavy (non-hydrogen) atoms. The smallest absolute Gasteiger partial charge is 0.227 e. The van der Waals surface area contributed by atoms with Gasteiger partial charge < -0.3 is 26.7 Å². The summed E-state index contributed by atoms with van der Waals surface area (Å²) in [5.74, 6) is 1.39. The molecule has 6 N–H and O–H groups in total. The second-order valence-electron chi connectivity index (χ2n) is 10.5. The number of imidazole rings is 1. The fraction of sp³-hybridized carbons (Fsp3) is 0.414. The molecule has 0 radical (unpaired) electrons. The van der Waals surface area contributed by atoms with Crippen molar-refractivity contribution in [3.63, 3.8) is 0 Å². The SMILES string of the molecule is Nc1ccccc1-c1ccc(CNc2nc(NC3CCCCC3N)nc3c2ncn3C2CCCC2)cc1. The number of aromatic nitrogens is 4. The van der Waals surface area contributed by atoms with E-state index < -0.39 is 0 Å². The average molecular weight is 497 g/mol. The number of nitrogen functional groups attached to an aromatic ring is 1. The van der Waals surface area contributed by atoms with Crippen LogP contribution in [0.4, 0.5) is 17.5 Å². The molecule has 8 nitrogen and oxygen atoms in total. The molecule has 0 spiro atoms. The second kappa shape index (κ2) is 10.4. The fourth-order valence-corrected chi connectivity index (χ4v) is 5.81. The van der Waals surface area contributed by atoms with Gasteiger partial charge in [-0.25, -0.2) is 4.98 Å². The van der Waals surface area contributed by atoms with Crippen molar-refractivity contribution in [3.05, 3.63) is 60.4 Å². The van der Waals surface area contributed by atoms with Gasteiger partial charge in [0.25, 0.3) is 0 Å². The molecule has 2 aromatic heterocycles. The van der Waals surface area contributed by atoms with Crippen LogP contribution in [0.5, 0.6) is 0 Å². The molecule has 2 aliphatic rings. The lowest BCUT2D eigenvalue weighted by Gasteiger charge is -2.29. The maximum atomic E-state index is 6.43. The van der Waals surface area contributed by atoms with Gasteiger partial charge in [-0.05, 0) is 42.9 Å². The first-order valence-electron chi connectivity index (χ1n) is 13.6. The summed E-state index contributed by atoms with van der Waals surface area (Å²) in [6, 6.07) is 17.2. The zero-order chi connectivity index (χ0) is 25.2. The van der Waals surface area contributed by atoms with Crippen molar-refractivity contribution in [1.29, 1.82) is 0 Å². The van der Waals surface area contributed by atoms with Crippen LogP contribution in [0, 0.1) is 0 Å². The Morgan fingerprint density at radius 2 is 1.65 bits per heavy atom. The highest BCUT2D eigenvalue weighted by Gasteiger charge is 2.25. The van der Waals surface area contributed by atoms with Gasteiger partial charge in [0, 0.05) is 35.9 Å². The van der Waals surface area contributed by atoms with Crippen LogP contribution in [0.15, 0.2) is 54.9 Å². The van der Waals surface area contributed by atoms with Gasteiger partial charge in [0.1, 0.15) is 0 Å². The molecule has 8 heteroatoms. The van der Waals surface area contributed by atoms with Gasteiger partial charge in [-0.2, -0.15) is 9.97 Å². The summed E-state index contributed by atoms with van der Waals surface area (Å²) in [6.45, 7) is 0.634. The van der Waals surface area contributed by atoms with Gasteiger partial charge in [-0.3, -0.25) is 0 Å². The van der Waals surface area contributed by atoms with E-state index in [1.54, 1.807) is 0 Å². The summed E-state index contributed by atoms with van der Waals surface area (Å²) in [4.78, 5) is 14.6. The maximum absolute atomic E-state index is 6.43. The predicted octanol–water partition coefficient (Wildman–Crippen LogP) is 5.48. The Morgan fingerprint density at radius 3 is 2.43 bits per heavy atom. The summed E-state index contributed by atoms with van der Waals surface area (Å²) < 4.78 is 2.25. The molecule has 2 unspecified atom stereocenters. The molecule has 2 aliphatic carbocycles. The van der Waals surface area contributed by atoms with E-state index >= 15 is 0 Å². The number of rotatable bonds is 7. The molecule has 4 aromatic rings. The molecule has 2 aromatic carbocycles. The van der Waals surface area contributed by atoms with E-state index in [-0.39, 0.29) is 12.1 Å². The van der Waals surface area contributed by atoms with Crippen molar-refractivity contribution in [2.24, 2.45) is 5.73 Å². The summed E-state index contributed by atoms with van der Waals surface area (Å²) in [7, 11) is 0. The fourth-order valence-electron chi connectivity index (χ4n) is 5.81. The zero-order valence-corrected chi connectivity index (χ0v) is 21.2. The van der Waals surface area contributed by atoms with Gasteiger partial charge in [0.05, 0.1) is 6.33 Å². The van der Waals surface area contributed by atoms with Crippen LogP contribution in [0.25, 0.3) is 22.3 Å². The molecular formula is C29H36N8. The number of nitrogens with zero attached hydrogens (tertiary/aromatic N) is 4. The first-order chi connectivity index (χ1) is 18.2. The van der Waals surface area contributed by atoms with Crippen LogP contribution < -0.4 is 22.1 Å². The molecule has 2 saturated carbocycles. The molecule has 2 heterocycles. The Morgan fingerprint density at radius 1 is 0.892 bits per heavy atom. The largest absolute Gasteiger partial charge is 0.398 e. The minimum absolute atomic E-state index is 0.126. The standard InChI is InChI=1S/C29H36N8/c30-23-10-4-3-9-22(23)20-15-13-19(14-16-20)17-32-27-26-28(37(18-33-26)21-7-1-2-8-21)36-29(35-27)34-25-12-6-5-11-24(25)31/h3-4,9-10,13-16,18,21,24-25H,1-2,5-8,11-12,17,30-31H2,(H2,32,34,35,36). The maximum Gasteiger partial charge on any atom is 0.227 e. The minimum atomic E-state index is 0.126. The number of nitrogens with one attached hydrogen (secondary N) is 2. The normalized spacial score (nSPS) is 20.4. The van der Waals surface area contributed by atoms with Crippen LogP contribution in [-0.4, -0.2) is 31.6 Å². The van der Waals surface area contributed by atoms with E-state index in [2.05, 4.69) is 39.5 Å². The summed E-state index contributed by atoms with van der Waals surface area (Å²) in [5.41, 5.74) is 18.4. The summed E-state index contributed by atoms with van der Waals surface area (Å²) in [5, 5.41) is 7.10. The van der Waals surface area contributed by atoms with E-state index in [9.17, 15) is 0 Å². The van der Waals surface area contributed by atoms with E-state index in [0.29, 0.717) is 18.5 Å². The van der Waals surface area contributed by atoms with Crippen LogP contribution in [0.2, 0.25) is 0 Å². The highest BCUT2D eigenvalue weighted by molar-refractivity contribution is 5.84. The summed E-state index contributed by atoms with van der Waals surface area (Å²) in [6.07, 6.45) is 11.3. The Labute approximate surface area is 217 Å². The number of hydrogen-bond donors (Lipinski definition) is 4. The number of nitrogens with two attached hydrogens (primary N) is 2. The van der Waals surface area contributed by atoms with Gasteiger partial charge in [-0.1, -0.05) is 68.1 Å². The third kappa shape index (κ3) is 4.98. The topological polar surface area (TPSA) is 120 Å². The van der Waals surface area contributed by atoms with E-state index in [1.165, 1.54) is 38.5 Å². The third-order valence-corrected chi connectivity index (χ3v) is 7.96. The van der Waals surface area contributed by atoms with E-state index in [4.69, 9.17) is 26.4 Å². The minimum Gasteiger partial charge on any atom is -0.398 e. The zero-order valence-electron chi connectivity index (χ0n) is 21.2. The molecule has 0 bridgehead atoms. The number of fused-ring (bicyclic) bond motifs is 1. The molecular weight excluding hydrogens is 460 g/mol. The Bertz CT molecular complexity index is 1360.